The van der Waals surface area contributed by atoms with Gasteiger partial charge in [0.1, 0.15) is 29.9 Å². The van der Waals surface area contributed by atoms with Crippen molar-refractivity contribution in [3.8, 4) is 17.6 Å². The molecule has 1 aliphatic heterocycles. The molecule has 1 saturated heterocycles. The predicted octanol–water partition coefficient (Wildman–Crippen LogP) is 7.07. The van der Waals surface area contributed by atoms with Gasteiger partial charge in [0.2, 0.25) is 0 Å². The van der Waals surface area contributed by atoms with E-state index in [1.807, 2.05) is 42.5 Å². The molecule has 2 unspecified atom stereocenters. The van der Waals surface area contributed by atoms with Crippen LogP contribution >= 0.6 is 7.82 Å². The summed E-state index contributed by atoms with van der Waals surface area (Å²) >= 11 is 0. The number of phosphoric acid groups is 1. The molecule has 0 bridgehead atoms. The summed E-state index contributed by atoms with van der Waals surface area (Å²) in [5, 5.41) is 11.1. The number of methoxy groups -OCH3 is 2. The Morgan fingerprint density at radius 1 is 0.952 bits per heavy atom. The molecule has 0 radical (unpaired) electrons. The number of Topliss-reactive ketones (excluding diaryl/α,β-unsaturated/α-hetero) is 1. The summed E-state index contributed by atoms with van der Waals surface area (Å²) in [5.74, 6) is 0.145. The lowest BCUT2D eigenvalue weighted by atomic mass is 9.99. The van der Waals surface area contributed by atoms with Gasteiger partial charge in [-0.2, -0.15) is 5.26 Å². The highest BCUT2D eigenvalue weighted by atomic mass is 31.2. The molecule has 15 nitrogen and oxygen atoms in total. The van der Waals surface area contributed by atoms with Crippen LogP contribution in [0.4, 0.5) is 0 Å². The molecule has 3 heterocycles. The summed E-state index contributed by atoms with van der Waals surface area (Å²) in [6.07, 6.45) is -1.81. The van der Waals surface area contributed by atoms with Gasteiger partial charge in [0.25, 0.3) is 13.9 Å². The number of aromatic amines is 1. The maximum atomic E-state index is 15.3. The van der Waals surface area contributed by atoms with Crippen LogP contribution in [-0.4, -0.2) is 73.3 Å². The number of hydrogen-bond donors (Lipinski definition) is 1. The Kier molecular flexibility index (Phi) is 13.6. The molecule has 6 aromatic rings. The topological polar surface area (TPSA) is 186 Å². The lowest BCUT2D eigenvalue weighted by Crippen LogP contribution is -2.67. The van der Waals surface area contributed by atoms with Gasteiger partial charge in [0.15, 0.2) is 23.1 Å². The average Bonchev–Trinajstić information content (AvgIpc) is 3.90. The van der Waals surface area contributed by atoms with Crippen molar-refractivity contribution >= 4 is 43.5 Å². The van der Waals surface area contributed by atoms with Crippen molar-refractivity contribution < 1.29 is 41.6 Å². The fraction of sp³-hybridized carbons (Fsp3) is 0.311. The molecule has 1 aliphatic rings. The van der Waals surface area contributed by atoms with Crippen LogP contribution in [0.3, 0.4) is 0 Å². The van der Waals surface area contributed by atoms with E-state index in [-0.39, 0.29) is 48.3 Å². The van der Waals surface area contributed by atoms with E-state index in [9.17, 15) is 14.9 Å². The van der Waals surface area contributed by atoms with Gasteiger partial charge in [-0.05, 0) is 33.1 Å². The number of fused-ring (bicyclic) bond motifs is 1. The molecule has 0 amide bonds. The number of aromatic nitrogens is 4. The van der Waals surface area contributed by atoms with Crippen LogP contribution in [0.25, 0.3) is 11.2 Å². The van der Waals surface area contributed by atoms with Crippen LogP contribution in [0, 0.1) is 11.3 Å². The van der Waals surface area contributed by atoms with Crippen LogP contribution in [0.1, 0.15) is 61.9 Å². The van der Waals surface area contributed by atoms with Crippen molar-refractivity contribution in [2.24, 2.45) is 0 Å². The first-order valence-corrected chi connectivity index (χ1v) is 23.4. The fourth-order valence-corrected chi connectivity index (χ4v) is 13.8. The smallest absolute Gasteiger partial charge is 0.476 e. The minimum Gasteiger partial charge on any atom is -0.497 e. The molecule has 7 rings (SSSR count). The maximum Gasteiger partial charge on any atom is 0.476 e. The number of phosphoric ester groups is 1. The molecule has 62 heavy (non-hydrogen) atoms. The summed E-state index contributed by atoms with van der Waals surface area (Å²) in [5.41, 5.74) is 0.439. The predicted molar refractivity (Wildman–Crippen MR) is 233 cm³/mol. The van der Waals surface area contributed by atoms with Gasteiger partial charge in [-0.1, -0.05) is 112 Å². The molecule has 2 aromatic heterocycles. The second-order valence-corrected chi connectivity index (χ2v) is 21.5. The first kappa shape index (κ1) is 44.3. The van der Waals surface area contributed by atoms with Crippen molar-refractivity contribution in [3.05, 3.63) is 143 Å². The van der Waals surface area contributed by atoms with Crippen molar-refractivity contribution in [3.63, 3.8) is 0 Å². The largest absolute Gasteiger partial charge is 0.497 e. The summed E-state index contributed by atoms with van der Waals surface area (Å²) in [4.78, 5) is 38.3. The maximum absolute atomic E-state index is 15.3. The van der Waals surface area contributed by atoms with Gasteiger partial charge < -0.3 is 23.6 Å². The number of carbonyl (C=O) groups excluding carboxylic acids is 1. The number of imidazole rings is 1. The van der Waals surface area contributed by atoms with E-state index >= 15 is 4.57 Å². The zero-order chi connectivity index (χ0) is 43.9. The monoisotopic (exact) mass is 877 g/mol. The first-order chi connectivity index (χ1) is 29.9. The number of ketones is 1. The quantitative estimate of drug-likeness (QED) is 0.0401. The molecular weight excluding hydrogens is 830 g/mol. The normalized spacial score (nSPS) is 18.2. The van der Waals surface area contributed by atoms with E-state index in [0.29, 0.717) is 11.5 Å². The van der Waals surface area contributed by atoms with Crippen LogP contribution in [0.5, 0.6) is 11.5 Å². The third kappa shape index (κ3) is 9.35. The number of benzene rings is 4. The summed E-state index contributed by atoms with van der Waals surface area (Å²) in [7, 11) is -5.05. The third-order valence-corrected chi connectivity index (χ3v) is 17.2. The number of carbonyl (C=O) groups is 1. The van der Waals surface area contributed by atoms with E-state index in [2.05, 4.69) is 60.0 Å². The lowest BCUT2D eigenvalue weighted by Gasteiger charge is -2.43. The number of ether oxygens (including phenoxy) is 3. The highest BCUT2D eigenvalue weighted by Crippen LogP contribution is 2.57. The minimum absolute atomic E-state index is 0.0357. The second-order valence-electron chi connectivity index (χ2n) is 15.6. The van der Waals surface area contributed by atoms with E-state index in [1.54, 1.807) is 53.1 Å². The Morgan fingerprint density at radius 3 is 2.15 bits per heavy atom. The summed E-state index contributed by atoms with van der Waals surface area (Å²) < 4.78 is 60.7. The van der Waals surface area contributed by atoms with Crippen molar-refractivity contribution in [1.82, 2.24) is 19.5 Å². The fourth-order valence-electron chi connectivity index (χ4n) is 7.75. The summed E-state index contributed by atoms with van der Waals surface area (Å²) in [6, 6.07) is 35.3. The van der Waals surface area contributed by atoms with E-state index in [1.165, 1.54) is 26.9 Å². The Balaban J connectivity index is 1.31. The van der Waals surface area contributed by atoms with Crippen LogP contribution < -0.4 is 25.4 Å². The highest BCUT2D eigenvalue weighted by molar-refractivity contribution is 7.48. The molecule has 5 atom stereocenters. The molecule has 1 N–H and O–H groups in total. The van der Waals surface area contributed by atoms with Crippen molar-refractivity contribution in [2.75, 3.05) is 27.4 Å². The molecule has 17 heteroatoms. The van der Waals surface area contributed by atoms with Crippen LogP contribution in [-0.2, 0) is 27.3 Å². The van der Waals surface area contributed by atoms with Crippen LogP contribution in [0.15, 0.2) is 127 Å². The number of hydrogen-bond acceptors (Lipinski definition) is 13. The number of nitrogens with zero attached hydrogens (tertiary/aromatic N) is 4. The van der Waals surface area contributed by atoms with Gasteiger partial charge in [0, 0.05) is 18.1 Å². The van der Waals surface area contributed by atoms with Crippen LogP contribution in [0.2, 0.25) is 5.04 Å². The molecule has 0 saturated carbocycles. The van der Waals surface area contributed by atoms with Gasteiger partial charge >= 0.3 is 7.82 Å². The van der Waals surface area contributed by atoms with Gasteiger partial charge in [0.05, 0.1) is 52.6 Å². The number of nitriles is 1. The van der Waals surface area contributed by atoms with Gasteiger partial charge in [-0.15, -0.1) is 0 Å². The number of rotatable bonds is 18. The third-order valence-electron chi connectivity index (χ3n) is 10.7. The Morgan fingerprint density at radius 2 is 1.56 bits per heavy atom. The molecule has 322 valence electrons. The minimum atomic E-state index is -4.82. The second kappa shape index (κ2) is 19.1. The molecular formula is C45H48N5O10PSi. The molecule has 0 aliphatic carbocycles. The Hall–Kier alpha value is -5.76. The lowest BCUT2D eigenvalue weighted by molar-refractivity contribution is -0.0433. The SMILES string of the molecule is COc1cc(OC)cc(C(OP(=O)(OCCC#N)O[C@H]2C[C@H](n3cnc4c(=O)[nH]cnc43)O[C@@H]2CO[Si](c2ccccc2)(c2ccccc2)C(C)(C)C)C(=O)c2ccccc2)c1. The Bertz CT molecular complexity index is 2560. The highest BCUT2D eigenvalue weighted by Gasteiger charge is 2.52. The number of H-pyrrole nitrogens is 1. The van der Waals surface area contributed by atoms with Crippen molar-refractivity contribution in [2.45, 2.75) is 63.2 Å². The van der Waals surface area contributed by atoms with Gasteiger partial charge in [-0.25, -0.2) is 14.5 Å². The molecule has 0 spiro atoms. The Labute approximate surface area is 360 Å². The van der Waals surface area contributed by atoms with E-state index < -0.39 is 57.1 Å². The van der Waals surface area contributed by atoms with Crippen molar-refractivity contribution in [1.29, 1.82) is 5.26 Å². The zero-order valence-corrected chi connectivity index (χ0v) is 36.9. The zero-order valence-electron chi connectivity index (χ0n) is 35.0. The van der Waals surface area contributed by atoms with Gasteiger partial charge in [-0.3, -0.25) is 27.7 Å². The summed E-state index contributed by atoms with van der Waals surface area (Å²) in [6.45, 7) is 6.05. The van der Waals surface area contributed by atoms with E-state index in [4.69, 9.17) is 32.2 Å². The molecule has 1 fully saturated rings. The molecule has 4 aromatic carbocycles. The average molecular weight is 878 g/mol. The van der Waals surface area contributed by atoms with E-state index in [0.717, 1.165) is 10.4 Å². The number of nitrogens with one attached hydrogen (secondary N) is 1. The standard InChI is InChI=1S/C45H48N5O10PSi/c1-45(2,3)62(35-18-11-7-12-19-35,36-20-13-8-14-21-36)57-28-38-37(27-39(58-38)50-30-49-40-43(50)47-29-48-44(40)52)59-61(53,56-23-15-22-46)60-42(41(51)31-16-9-6-10-17-31)32-24-33(54-4)26-34(25-32)55-5/h6-14,16-21,24-26,29-30,37-39,42H,15,23,27-28H2,1-5H3,(H,47,48,52)/t37-,38+,39+,42?,61?/m0/s1. The first-order valence-electron chi connectivity index (χ1n) is 20.0.